The van der Waals surface area contributed by atoms with Gasteiger partial charge in [-0.1, -0.05) is 17.7 Å². The highest BCUT2D eigenvalue weighted by atomic mass is 35.5. The van der Waals surface area contributed by atoms with Crippen LogP contribution >= 0.6 is 11.6 Å². The number of nitrogens with one attached hydrogen (secondary N) is 1. The predicted molar refractivity (Wildman–Crippen MR) is 76.0 cm³/mol. The number of aromatic carboxylic acids is 1. The number of rotatable bonds is 4. The zero-order valence-corrected chi connectivity index (χ0v) is 12.3. The topological polar surface area (TPSA) is 109 Å². The van der Waals surface area contributed by atoms with E-state index in [1.165, 1.54) is 24.4 Å². The molecule has 2 N–H and O–H groups in total. The van der Waals surface area contributed by atoms with Crippen LogP contribution < -0.4 is 4.72 Å². The molecule has 0 amide bonds. The standard InChI is InChI=1S/C12H10ClN3O4S/c1-7-2-3-8(6-9(7)11(17)18)21(19,20)16-12-14-5-4-10(13)15-12/h2-6H,1H3,(H,17,18)(H,14,15,16). The predicted octanol–water partition coefficient (Wildman–Crippen LogP) is 1.94. The van der Waals surface area contributed by atoms with Crippen LogP contribution in [0.3, 0.4) is 0 Å². The van der Waals surface area contributed by atoms with Crippen LogP contribution in [0.5, 0.6) is 0 Å². The second-order valence-electron chi connectivity index (χ2n) is 4.09. The highest BCUT2D eigenvalue weighted by molar-refractivity contribution is 7.92. The first kappa shape index (κ1) is 15.2. The molecular formula is C12H10ClN3O4S. The van der Waals surface area contributed by atoms with Crippen molar-refractivity contribution in [2.75, 3.05) is 4.72 Å². The molecule has 1 heterocycles. The maximum atomic E-state index is 12.2. The number of nitrogens with zero attached hydrogens (tertiary/aromatic N) is 2. The molecule has 2 aromatic rings. The van der Waals surface area contributed by atoms with E-state index in [1.807, 2.05) is 0 Å². The summed E-state index contributed by atoms with van der Waals surface area (Å²) in [7, 11) is -4.00. The fourth-order valence-electron chi connectivity index (χ4n) is 1.56. The Kier molecular flexibility index (Phi) is 4.10. The molecule has 0 radical (unpaired) electrons. The molecule has 0 aliphatic carbocycles. The first-order valence-electron chi connectivity index (χ1n) is 5.65. The normalized spacial score (nSPS) is 11.1. The summed E-state index contributed by atoms with van der Waals surface area (Å²) in [5, 5.41) is 9.11. The molecule has 21 heavy (non-hydrogen) atoms. The number of aromatic nitrogens is 2. The lowest BCUT2D eigenvalue weighted by atomic mass is 10.1. The molecule has 1 aromatic heterocycles. The van der Waals surface area contributed by atoms with Crippen LogP contribution in [0.4, 0.5) is 5.95 Å². The molecule has 7 nitrogen and oxygen atoms in total. The summed E-state index contributed by atoms with van der Waals surface area (Å²) >= 11 is 5.64. The van der Waals surface area contributed by atoms with Crippen LogP contribution in [0.2, 0.25) is 5.15 Å². The summed E-state index contributed by atoms with van der Waals surface area (Å²) in [6.07, 6.45) is 1.30. The molecule has 0 fully saturated rings. The molecule has 0 bridgehead atoms. The minimum Gasteiger partial charge on any atom is -0.478 e. The van der Waals surface area contributed by atoms with E-state index in [2.05, 4.69) is 14.7 Å². The number of sulfonamides is 1. The number of carboxylic acids is 1. The minimum absolute atomic E-state index is 0.0813. The van der Waals surface area contributed by atoms with Gasteiger partial charge in [0, 0.05) is 6.20 Å². The van der Waals surface area contributed by atoms with E-state index in [1.54, 1.807) is 6.92 Å². The van der Waals surface area contributed by atoms with E-state index in [0.717, 1.165) is 6.07 Å². The molecule has 110 valence electrons. The smallest absolute Gasteiger partial charge is 0.335 e. The van der Waals surface area contributed by atoms with E-state index in [4.69, 9.17) is 16.7 Å². The fourth-order valence-corrected chi connectivity index (χ4v) is 2.68. The van der Waals surface area contributed by atoms with Gasteiger partial charge in [-0.05, 0) is 30.7 Å². The van der Waals surface area contributed by atoms with Crippen molar-refractivity contribution in [3.63, 3.8) is 0 Å². The Balaban J connectivity index is 2.40. The van der Waals surface area contributed by atoms with E-state index in [9.17, 15) is 13.2 Å². The largest absolute Gasteiger partial charge is 0.478 e. The van der Waals surface area contributed by atoms with Gasteiger partial charge in [-0.2, -0.15) is 0 Å². The van der Waals surface area contributed by atoms with Crippen molar-refractivity contribution in [1.29, 1.82) is 0 Å². The zero-order valence-electron chi connectivity index (χ0n) is 10.7. The molecule has 0 aliphatic heterocycles. The van der Waals surface area contributed by atoms with E-state index < -0.39 is 16.0 Å². The summed E-state index contributed by atoms with van der Waals surface area (Å²) in [5.74, 6) is -1.40. The average molecular weight is 328 g/mol. The monoisotopic (exact) mass is 327 g/mol. The number of hydrogen-bond acceptors (Lipinski definition) is 5. The van der Waals surface area contributed by atoms with Crippen LogP contribution in [-0.4, -0.2) is 29.5 Å². The van der Waals surface area contributed by atoms with Crippen molar-refractivity contribution in [2.45, 2.75) is 11.8 Å². The van der Waals surface area contributed by atoms with Gasteiger partial charge >= 0.3 is 5.97 Å². The van der Waals surface area contributed by atoms with E-state index in [-0.39, 0.29) is 21.6 Å². The summed E-state index contributed by atoms with van der Waals surface area (Å²) in [6, 6.07) is 5.18. The van der Waals surface area contributed by atoms with Gasteiger partial charge in [-0.25, -0.2) is 27.9 Å². The van der Waals surface area contributed by atoms with Gasteiger partial charge in [0.25, 0.3) is 10.0 Å². The molecular weight excluding hydrogens is 318 g/mol. The second kappa shape index (κ2) is 5.66. The van der Waals surface area contributed by atoms with Crippen LogP contribution in [0.25, 0.3) is 0 Å². The summed E-state index contributed by atoms with van der Waals surface area (Å²) in [6.45, 7) is 1.58. The van der Waals surface area contributed by atoms with Gasteiger partial charge < -0.3 is 5.11 Å². The Morgan fingerprint density at radius 1 is 1.33 bits per heavy atom. The molecule has 0 saturated heterocycles. The van der Waals surface area contributed by atoms with Crippen molar-refractivity contribution < 1.29 is 18.3 Å². The van der Waals surface area contributed by atoms with Gasteiger partial charge in [0.05, 0.1) is 10.5 Å². The van der Waals surface area contributed by atoms with Crippen LogP contribution in [-0.2, 0) is 10.0 Å². The van der Waals surface area contributed by atoms with Crippen LogP contribution in [0, 0.1) is 6.92 Å². The van der Waals surface area contributed by atoms with Gasteiger partial charge in [0.2, 0.25) is 5.95 Å². The lowest BCUT2D eigenvalue weighted by molar-refractivity contribution is 0.0696. The quantitative estimate of drug-likeness (QED) is 0.830. The Morgan fingerprint density at radius 3 is 2.67 bits per heavy atom. The molecule has 0 spiro atoms. The summed E-state index contributed by atoms with van der Waals surface area (Å²) in [5.41, 5.74) is 0.366. The Hall–Kier alpha value is -2.19. The number of aryl methyl sites for hydroxylation is 1. The number of carbonyl (C=O) groups is 1. The Labute approximate surface area is 125 Å². The van der Waals surface area contributed by atoms with Crippen molar-refractivity contribution in [1.82, 2.24) is 9.97 Å². The molecule has 0 atom stereocenters. The third-order valence-electron chi connectivity index (χ3n) is 2.60. The summed E-state index contributed by atoms with van der Waals surface area (Å²) < 4.78 is 26.5. The van der Waals surface area contributed by atoms with Crippen LogP contribution in [0.15, 0.2) is 35.4 Å². The highest BCUT2D eigenvalue weighted by Gasteiger charge is 2.19. The van der Waals surface area contributed by atoms with Crippen molar-refractivity contribution in [2.24, 2.45) is 0 Å². The molecule has 1 aromatic carbocycles. The number of benzene rings is 1. The number of carboxylic acid groups (broad SMARTS) is 1. The van der Waals surface area contributed by atoms with Crippen LogP contribution in [0.1, 0.15) is 15.9 Å². The van der Waals surface area contributed by atoms with Crippen molar-refractivity contribution in [3.8, 4) is 0 Å². The molecule has 2 rings (SSSR count). The van der Waals surface area contributed by atoms with E-state index in [0.29, 0.717) is 5.56 Å². The fraction of sp³-hybridized carbons (Fsp3) is 0.0833. The van der Waals surface area contributed by atoms with Gasteiger partial charge in [-0.15, -0.1) is 0 Å². The third-order valence-corrected chi connectivity index (χ3v) is 4.13. The lowest BCUT2D eigenvalue weighted by Gasteiger charge is -2.08. The third kappa shape index (κ3) is 3.47. The highest BCUT2D eigenvalue weighted by Crippen LogP contribution is 2.18. The van der Waals surface area contributed by atoms with Gasteiger partial charge in [-0.3, -0.25) is 0 Å². The van der Waals surface area contributed by atoms with E-state index >= 15 is 0 Å². The first-order valence-corrected chi connectivity index (χ1v) is 7.51. The Morgan fingerprint density at radius 2 is 2.05 bits per heavy atom. The Bertz CT molecular complexity index is 808. The molecule has 0 saturated carbocycles. The maximum absolute atomic E-state index is 12.2. The summed E-state index contributed by atoms with van der Waals surface area (Å²) in [4.78, 5) is 18.3. The van der Waals surface area contributed by atoms with Gasteiger partial charge in [0.15, 0.2) is 0 Å². The first-order chi connectivity index (χ1) is 9.79. The second-order valence-corrected chi connectivity index (χ2v) is 6.16. The molecule has 0 unspecified atom stereocenters. The number of anilines is 1. The van der Waals surface area contributed by atoms with Gasteiger partial charge in [0.1, 0.15) is 5.15 Å². The molecule has 9 heteroatoms. The lowest BCUT2D eigenvalue weighted by Crippen LogP contribution is -2.16. The van der Waals surface area contributed by atoms with Crippen molar-refractivity contribution in [3.05, 3.63) is 46.7 Å². The average Bonchev–Trinajstić information content (AvgIpc) is 2.38. The SMILES string of the molecule is Cc1ccc(S(=O)(=O)Nc2nccc(Cl)n2)cc1C(=O)O. The minimum atomic E-state index is -4.00. The number of hydrogen-bond donors (Lipinski definition) is 2. The number of halogens is 1. The zero-order chi connectivity index (χ0) is 15.6. The van der Waals surface area contributed by atoms with Crippen molar-refractivity contribution >= 4 is 33.5 Å². The maximum Gasteiger partial charge on any atom is 0.335 e. The molecule has 0 aliphatic rings.